The van der Waals surface area contributed by atoms with Gasteiger partial charge in [0.15, 0.2) is 16.5 Å². The second kappa shape index (κ2) is 4.97. The van der Waals surface area contributed by atoms with Crippen LogP contribution >= 0.6 is 11.3 Å². The smallest absolute Gasteiger partial charge is 0.231 e. The van der Waals surface area contributed by atoms with Crippen LogP contribution in [-0.2, 0) is 12.0 Å². The Morgan fingerprint density at radius 1 is 1.26 bits per heavy atom. The number of hydrogen-bond acceptors (Lipinski definition) is 5. The molecule has 0 bridgehead atoms. The number of hydrogen-bond donors (Lipinski definition) is 1. The van der Waals surface area contributed by atoms with E-state index < -0.39 is 0 Å². The molecule has 5 nitrogen and oxygen atoms in total. The molecule has 2 N–H and O–H groups in total. The van der Waals surface area contributed by atoms with Crippen LogP contribution in [0.2, 0.25) is 0 Å². The SMILES string of the molecule is CC(C)(C)c1nc2scc(-c3ccc4c(c3)OCO4)n2c1CN. The molecule has 3 aromatic rings. The molecule has 0 fully saturated rings. The van der Waals surface area contributed by atoms with Crippen molar-refractivity contribution in [3.8, 4) is 22.8 Å². The molecule has 0 radical (unpaired) electrons. The third-order valence-electron chi connectivity index (χ3n) is 4.03. The normalized spacial score (nSPS) is 13.9. The average molecular weight is 329 g/mol. The molecule has 120 valence electrons. The van der Waals surface area contributed by atoms with Gasteiger partial charge in [0, 0.05) is 22.9 Å². The number of nitrogens with zero attached hydrogens (tertiary/aromatic N) is 2. The minimum absolute atomic E-state index is 0.0351. The molecule has 0 aliphatic carbocycles. The molecule has 6 heteroatoms. The van der Waals surface area contributed by atoms with Gasteiger partial charge in [-0.1, -0.05) is 20.8 Å². The maximum Gasteiger partial charge on any atom is 0.231 e. The second-order valence-corrected chi connectivity index (χ2v) is 7.50. The quantitative estimate of drug-likeness (QED) is 0.781. The second-order valence-electron chi connectivity index (χ2n) is 6.67. The summed E-state index contributed by atoms with van der Waals surface area (Å²) in [5, 5.41) is 2.12. The van der Waals surface area contributed by atoms with Crippen molar-refractivity contribution in [1.29, 1.82) is 0 Å². The summed E-state index contributed by atoms with van der Waals surface area (Å²) in [7, 11) is 0. The van der Waals surface area contributed by atoms with Crippen LogP contribution in [0.3, 0.4) is 0 Å². The molecule has 0 unspecified atom stereocenters. The fourth-order valence-electron chi connectivity index (χ4n) is 2.96. The number of rotatable bonds is 2. The maximum absolute atomic E-state index is 6.05. The predicted molar refractivity (Wildman–Crippen MR) is 91.2 cm³/mol. The lowest BCUT2D eigenvalue weighted by Gasteiger charge is -2.17. The Balaban J connectivity index is 1.93. The van der Waals surface area contributed by atoms with Crippen molar-refractivity contribution >= 4 is 16.3 Å². The predicted octanol–water partition coefficient (Wildman–Crippen LogP) is 3.55. The van der Waals surface area contributed by atoms with E-state index in [1.54, 1.807) is 11.3 Å². The van der Waals surface area contributed by atoms with Gasteiger partial charge in [0.25, 0.3) is 0 Å². The van der Waals surface area contributed by atoms with Crippen molar-refractivity contribution in [2.24, 2.45) is 5.73 Å². The van der Waals surface area contributed by atoms with Crippen molar-refractivity contribution in [3.63, 3.8) is 0 Å². The summed E-state index contributed by atoms with van der Waals surface area (Å²) in [6.07, 6.45) is 0. The van der Waals surface area contributed by atoms with Crippen LogP contribution in [0.1, 0.15) is 32.2 Å². The summed E-state index contributed by atoms with van der Waals surface area (Å²) in [6.45, 7) is 7.24. The Morgan fingerprint density at radius 2 is 2.04 bits per heavy atom. The van der Waals surface area contributed by atoms with Crippen LogP contribution in [0.5, 0.6) is 11.5 Å². The number of fused-ring (bicyclic) bond motifs is 2. The summed E-state index contributed by atoms with van der Waals surface area (Å²) in [6, 6.07) is 6.01. The Labute approximate surface area is 138 Å². The number of thiazole rings is 1. The van der Waals surface area contributed by atoms with Gasteiger partial charge in [-0.05, 0) is 18.2 Å². The fourth-order valence-corrected chi connectivity index (χ4v) is 3.88. The molecule has 0 atom stereocenters. The zero-order chi connectivity index (χ0) is 16.2. The van der Waals surface area contributed by atoms with E-state index in [4.69, 9.17) is 20.2 Å². The monoisotopic (exact) mass is 329 g/mol. The van der Waals surface area contributed by atoms with Crippen LogP contribution < -0.4 is 15.2 Å². The van der Waals surface area contributed by atoms with Gasteiger partial charge in [-0.25, -0.2) is 4.98 Å². The van der Waals surface area contributed by atoms with Gasteiger partial charge in [-0.3, -0.25) is 4.40 Å². The molecule has 2 aromatic heterocycles. The molecule has 0 spiro atoms. The van der Waals surface area contributed by atoms with E-state index in [1.165, 1.54) is 0 Å². The molecule has 0 saturated heterocycles. The van der Waals surface area contributed by atoms with Crippen LogP contribution in [0, 0.1) is 0 Å². The van der Waals surface area contributed by atoms with Gasteiger partial charge in [-0.15, -0.1) is 11.3 Å². The summed E-state index contributed by atoms with van der Waals surface area (Å²) in [4.78, 5) is 5.79. The number of ether oxygens (including phenoxy) is 2. The highest BCUT2D eigenvalue weighted by atomic mass is 32.1. The van der Waals surface area contributed by atoms with Gasteiger partial charge in [0.1, 0.15) is 0 Å². The van der Waals surface area contributed by atoms with Crippen LogP contribution in [0.4, 0.5) is 0 Å². The number of imidazole rings is 1. The maximum atomic E-state index is 6.05. The molecule has 3 heterocycles. The van der Waals surface area contributed by atoms with E-state index in [1.807, 2.05) is 18.2 Å². The van der Waals surface area contributed by atoms with Gasteiger partial charge in [0.2, 0.25) is 6.79 Å². The number of aromatic nitrogens is 2. The van der Waals surface area contributed by atoms with E-state index in [0.29, 0.717) is 6.54 Å². The van der Waals surface area contributed by atoms with Crippen molar-refractivity contribution in [1.82, 2.24) is 9.38 Å². The van der Waals surface area contributed by atoms with E-state index in [-0.39, 0.29) is 12.2 Å². The highest BCUT2D eigenvalue weighted by Gasteiger charge is 2.25. The first-order valence-electron chi connectivity index (χ1n) is 7.58. The summed E-state index contributed by atoms with van der Waals surface area (Å²) in [5.74, 6) is 1.58. The van der Waals surface area contributed by atoms with Crippen molar-refractivity contribution in [2.45, 2.75) is 32.7 Å². The lowest BCUT2D eigenvalue weighted by Crippen LogP contribution is -2.17. The first-order chi connectivity index (χ1) is 11.0. The molecule has 0 saturated carbocycles. The minimum Gasteiger partial charge on any atom is -0.454 e. The highest BCUT2D eigenvalue weighted by molar-refractivity contribution is 7.15. The molecule has 23 heavy (non-hydrogen) atoms. The minimum atomic E-state index is -0.0351. The molecule has 4 rings (SSSR count). The third kappa shape index (κ3) is 2.21. The molecule has 1 aliphatic rings. The van der Waals surface area contributed by atoms with E-state index in [2.05, 4.69) is 30.6 Å². The van der Waals surface area contributed by atoms with Gasteiger partial charge >= 0.3 is 0 Å². The van der Waals surface area contributed by atoms with Crippen LogP contribution in [-0.4, -0.2) is 16.2 Å². The lowest BCUT2D eigenvalue weighted by molar-refractivity contribution is 0.174. The average Bonchev–Trinajstić information content (AvgIpc) is 3.19. The topological polar surface area (TPSA) is 61.8 Å². The standard InChI is InChI=1S/C17H19N3O2S/c1-17(2,3)15-11(7-18)20-12(8-23-16(20)19-15)10-4-5-13-14(6-10)22-9-21-13/h4-6,8H,7,9,18H2,1-3H3. The van der Waals surface area contributed by atoms with Crippen molar-refractivity contribution in [2.75, 3.05) is 6.79 Å². The highest BCUT2D eigenvalue weighted by Crippen LogP contribution is 2.38. The molecule has 0 amide bonds. The van der Waals surface area contributed by atoms with Gasteiger partial charge in [-0.2, -0.15) is 0 Å². The van der Waals surface area contributed by atoms with Gasteiger partial charge in [0.05, 0.1) is 17.1 Å². The van der Waals surface area contributed by atoms with E-state index in [9.17, 15) is 0 Å². The molecular formula is C17H19N3O2S. The fraction of sp³-hybridized carbons (Fsp3) is 0.353. The number of benzene rings is 1. The zero-order valence-electron chi connectivity index (χ0n) is 13.4. The Hall–Kier alpha value is -2.05. The summed E-state index contributed by atoms with van der Waals surface area (Å²) < 4.78 is 13.1. The lowest BCUT2D eigenvalue weighted by atomic mass is 9.90. The largest absolute Gasteiger partial charge is 0.454 e. The summed E-state index contributed by atoms with van der Waals surface area (Å²) >= 11 is 1.63. The Bertz CT molecular complexity index is 889. The Morgan fingerprint density at radius 3 is 2.78 bits per heavy atom. The van der Waals surface area contributed by atoms with E-state index >= 15 is 0 Å². The summed E-state index contributed by atoms with van der Waals surface area (Å²) in [5.41, 5.74) is 10.3. The molecular weight excluding hydrogens is 310 g/mol. The molecule has 1 aromatic carbocycles. The Kier molecular flexibility index (Phi) is 3.14. The number of nitrogens with two attached hydrogens (primary N) is 1. The van der Waals surface area contributed by atoms with E-state index in [0.717, 1.165) is 39.1 Å². The zero-order valence-corrected chi connectivity index (χ0v) is 14.2. The van der Waals surface area contributed by atoms with Crippen molar-refractivity contribution < 1.29 is 9.47 Å². The van der Waals surface area contributed by atoms with Crippen LogP contribution in [0.25, 0.3) is 16.2 Å². The first kappa shape index (κ1) is 14.5. The van der Waals surface area contributed by atoms with Crippen molar-refractivity contribution in [3.05, 3.63) is 35.0 Å². The third-order valence-corrected chi connectivity index (χ3v) is 4.86. The van der Waals surface area contributed by atoms with Crippen LogP contribution in [0.15, 0.2) is 23.6 Å². The molecule has 1 aliphatic heterocycles. The van der Waals surface area contributed by atoms with Gasteiger partial charge < -0.3 is 15.2 Å². The first-order valence-corrected chi connectivity index (χ1v) is 8.46.